The van der Waals surface area contributed by atoms with E-state index in [1.165, 1.54) is 6.42 Å². The van der Waals surface area contributed by atoms with Gasteiger partial charge in [-0.15, -0.1) is 0 Å². The number of nitrogen functional groups attached to an aromatic ring is 1. The molecule has 1 aromatic heterocycles. The molecule has 106 valence electrons. The van der Waals surface area contributed by atoms with E-state index in [-0.39, 0.29) is 0 Å². The van der Waals surface area contributed by atoms with Crippen LogP contribution in [0.2, 0.25) is 0 Å². The number of pyridine rings is 1. The number of aromatic nitrogens is 1. The van der Waals surface area contributed by atoms with Crippen molar-refractivity contribution in [2.24, 2.45) is 0 Å². The first-order valence-corrected chi connectivity index (χ1v) is 7.29. The Hall–Kier alpha value is -1.81. The van der Waals surface area contributed by atoms with Gasteiger partial charge < -0.3 is 15.4 Å². The molecule has 1 aromatic carbocycles. The minimum atomic E-state index is 0.346. The van der Waals surface area contributed by atoms with Gasteiger partial charge in [-0.1, -0.05) is 0 Å². The van der Waals surface area contributed by atoms with Crippen LogP contribution in [-0.2, 0) is 4.74 Å². The van der Waals surface area contributed by atoms with Gasteiger partial charge in [0.15, 0.2) is 0 Å². The summed E-state index contributed by atoms with van der Waals surface area (Å²) >= 11 is 0. The van der Waals surface area contributed by atoms with Crippen LogP contribution in [0.25, 0.3) is 10.9 Å². The molecule has 20 heavy (non-hydrogen) atoms. The quantitative estimate of drug-likeness (QED) is 0.869. The molecule has 4 heteroatoms. The van der Waals surface area contributed by atoms with E-state index in [0.717, 1.165) is 48.5 Å². The fourth-order valence-electron chi connectivity index (χ4n) is 2.73. The number of hydrogen-bond donors (Lipinski definition) is 1. The Balaban J connectivity index is 1.85. The van der Waals surface area contributed by atoms with E-state index in [9.17, 15) is 0 Å². The number of benzene rings is 1. The lowest BCUT2D eigenvalue weighted by Gasteiger charge is -2.25. The number of nitrogens with zero attached hydrogens (tertiary/aromatic N) is 2. The maximum atomic E-state index is 5.80. The molecule has 0 bridgehead atoms. The van der Waals surface area contributed by atoms with Crippen molar-refractivity contribution in [3.8, 4) is 0 Å². The van der Waals surface area contributed by atoms with Gasteiger partial charge >= 0.3 is 0 Å². The van der Waals surface area contributed by atoms with Crippen LogP contribution in [0.15, 0.2) is 30.3 Å². The maximum Gasteiger partial charge on any atom is 0.129 e. The number of rotatable bonds is 4. The number of nitrogens with two attached hydrogens (primary N) is 1. The second-order valence-corrected chi connectivity index (χ2v) is 5.30. The van der Waals surface area contributed by atoms with Gasteiger partial charge in [0.05, 0.1) is 11.6 Å². The normalized spacial score (nSPS) is 18.6. The van der Waals surface area contributed by atoms with E-state index in [2.05, 4.69) is 24.0 Å². The first-order valence-electron chi connectivity index (χ1n) is 7.29. The molecule has 1 saturated heterocycles. The minimum absolute atomic E-state index is 0.346. The standard InChI is InChI=1S/C16H21N3O/c1-2-19(11-14-4-3-9-20-14)16-8-5-12-10-13(17)6-7-15(12)18-16/h5-8,10,14H,2-4,9,11,17H2,1H3. The Bertz CT molecular complexity index is 593. The molecular weight excluding hydrogens is 250 g/mol. The highest BCUT2D eigenvalue weighted by molar-refractivity contribution is 5.83. The zero-order valence-corrected chi connectivity index (χ0v) is 11.9. The molecule has 0 amide bonds. The Kier molecular flexibility index (Phi) is 3.74. The van der Waals surface area contributed by atoms with E-state index in [1.54, 1.807) is 0 Å². The van der Waals surface area contributed by atoms with Crippen LogP contribution < -0.4 is 10.6 Å². The van der Waals surface area contributed by atoms with Crippen LogP contribution >= 0.6 is 0 Å². The van der Waals surface area contributed by atoms with Gasteiger partial charge in [-0.05, 0) is 50.1 Å². The largest absolute Gasteiger partial charge is 0.399 e. The average molecular weight is 271 g/mol. The molecule has 2 aromatic rings. The van der Waals surface area contributed by atoms with E-state index in [1.807, 2.05) is 18.2 Å². The van der Waals surface area contributed by atoms with Crippen LogP contribution in [-0.4, -0.2) is 30.8 Å². The van der Waals surface area contributed by atoms with Gasteiger partial charge in [-0.25, -0.2) is 4.98 Å². The number of ether oxygens (including phenoxy) is 1. The van der Waals surface area contributed by atoms with Crippen LogP contribution in [0.3, 0.4) is 0 Å². The third-order valence-corrected chi connectivity index (χ3v) is 3.85. The molecule has 0 saturated carbocycles. The fourth-order valence-corrected chi connectivity index (χ4v) is 2.73. The van der Waals surface area contributed by atoms with Crippen LogP contribution in [0.5, 0.6) is 0 Å². The molecule has 1 unspecified atom stereocenters. The summed E-state index contributed by atoms with van der Waals surface area (Å²) in [7, 11) is 0. The SMILES string of the molecule is CCN(CC1CCCO1)c1ccc2cc(N)ccc2n1. The lowest BCUT2D eigenvalue weighted by atomic mass is 10.2. The molecule has 0 spiro atoms. The number of hydrogen-bond acceptors (Lipinski definition) is 4. The van der Waals surface area contributed by atoms with Gasteiger partial charge in [0.25, 0.3) is 0 Å². The molecule has 0 aliphatic carbocycles. The predicted molar refractivity (Wildman–Crippen MR) is 83.0 cm³/mol. The summed E-state index contributed by atoms with van der Waals surface area (Å²) in [5, 5.41) is 1.09. The second-order valence-electron chi connectivity index (χ2n) is 5.30. The first kappa shape index (κ1) is 13.2. The third-order valence-electron chi connectivity index (χ3n) is 3.85. The molecule has 4 nitrogen and oxygen atoms in total. The Morgan fingerprint density at radius 1 is 1.35 bits per heavy atom. The molecule has 1 aliphatic rings. The van der Waals surface area contributed by atoms with Crippen LogP contribution in [0.1, 0.15) is 19.8 Å². The van der Waals surface area contributed by atoms with Crippen molar-refractivity contribution in [2.45, 2.75) is 25.9 Å². The summed E-state index contributed by atoms with van der Waals surface area (Å²) in [6.45, 7) is 4.91. The summed E-state index contributed by atoms with van der Waals surface area (Å²) in [6, 6.07) is 10.00. The highest BCUT2D eigenvalue weighted by Crippen LogP contribution is 2.22. The van der Waals surface area contributed by atoms with Crippen molar-refractivity contribution in [1.29, 1.82) is 0 Å². The molecule has 2 heterocycles. The summed E-state index contributed by atoms with van der Waals surface area (Å²) < 4.78 is 5.72. The van der Waals surface area contributed by atoms with E-state index in [0.29, 0.717) is 6.10 Å². The van der Waals surface area contributed by atoms with E-state index < -0.39 is 0 Å². The van der Waals surface area contributed by atoms with E-state index >= 15 is 0 Å². The number of anilines is 2. The van der Waals surface area contributed by atoms with Crippen molar-refractivity contribution < 1.29 is 4.74 Å². The zero-order chi connectivity index (χ0) is 13.9. The summed E-state index contributed by atoms with van der Waals surface area (Å²) in [6.07, 6.45) is 2.67. The number of fused-ring (bicyclic) bond motifs is 1. The topological polar surface area (TPSA) is 51.4 Å². The van der Waals surface area contributed by atoms with Gasteiger partial charge in [0, 0.05) is 30.8 Å². The van der Waals surface area contributed by atoms with Crippen molar-refractivity contribution in [3.63, 3.8) is 0 Å². The Labute approximate surface area is 119 Å². The maximum absolute atomic E-state index is 5.80. The summed E-state index contributed by atoms with van der Waals surface area (Å²) in [5.41, 5.74) is 7.57. The van der Waals surface area contributed by atoms with Crippen molar-refractivity contribution in [2.75, 3.05) is 30.3 Å². The van der Waals surface area contributed by atoms with E-state index in [4.69, 9.17) is 15.5 Å². The lowest BCUT2D eigenvalue weighted by Crippen LogP contribution is -2.32. The number of likely N-dealkylation sites (N-methyl/N-ethyl adjacent to an activating group) is 1. The second kappa shape index (κ2) is 5.67. The molecule has 2 N–H and O–H groups in total. The summed E-state index contributed by atoms with van der Waals surface area (Å²) in [4.78, 5) is 7.03. The molecular formula is C16H21N3O. The Morgan fingerprint density at radius 3 is 3.00 bits per heavy atom. The van der Waals surface area contributed by atoms with Crippen molar-refractivity contribution in [3.05, 3.63) is 30.3 Å². The molecule has 1 fully saturated rings. The van der Waals surface area contributed by atoms with Gasteiger partial charge in [0.2, 0.25) is 0 Å². The van der Waals surface area contributed by atoms with Crippen LogP contribution in [0.4, 0.5) is 11.5 Å². The lowest BCUT2D eigenvalue weighted by molar-refractivity contribution is 0.115. The smallest absolute Gasteiger partial charge is 0.129 e. The molecule has 1 atom stereocenters. The molecule has 0 radical (unpaired) electrons. The zero-order valence-electron chi connectivity index (χ0n) is 11.9. The third kappa shape index (κ3) is 2.70. The van der Waals surface area contributed by atoms with Gasteiger partial charge in [0.1, 0.15) is 5.82 Å². The first-order chi connectivity index (χ1) is 9.76. The average Bonchev–Trinajstić information content (AvgIpc) is 2.97. The highest BCUT2D eigenvalue weighted by Gasteiger charge is 2.19. The Morgan fingerprint density at radius 2 is 2.25 bits per heavy atom. The van der Waals surface area contributed by atoms with Gasteiger partial charge in [-0.2, -0.15) is 0 Å². The molecule has 3 rings (SSSR count). The van der Waals surface area contributed by atoms with Crippen molar-refractivity contribution in [1.82, 2.24) is 4.98 Å². The minimum Gasteiger partial charge on any atom is -0.399 e. The molecule has 1 aliphatic heterocycles. The fraction of sp³-hybridized carbons (Fsp3) is 0.438. The monoisotopic (exact) mass is 271 g/mol. The van der Waals surface area contributed by atoms with Crippen LogP contribution in [0, 0.1) is 0 Å². The summed E-state index contributed by atoms with van der Waals surface area (Å²) in [5.74, 6) is 1.01. The predicted octanol–water partition coefficient (Wildman–Crippen LogP) is 2.82. The van der Waals surface area contributed by atoms with Crippen molar-refractivity contribution >= 4 is 22.4 Å². The van der Waals surface area contributed by atoms with Gasteiger partial charge in [-0.3, -0.25) is 0 Å². The highest BCUT2D eigenvalue weighted by atomic mass is 16.5.